The van der Waals surface area contributed by atoms with Gasteiger partial charge in [0.15, 0.2) is 5.78 Å². The summed E-state index contributed by atoms with van der Waals surface area (Å²) in [7, 11) is 0. The molecule has 206 valence electrons. The second kappa shape index (κ2) is 11.4. The number of halogens is 1. The van der Waals surface area contributed by atoms with Crippen LogP contribution in [0, 0.1) is 17.7 Å². The number of ketones is 1. The highest BCUT2D eigenvalue weighted by Gasteiger charge is 2.28. The van der Waals surface area contributed by atoms with Crippen molar-refractivity contribution in [3.63, 3.8) is 0 Å². The van der Waals surface area contributed by atoms with Crippen LogP contribution in [0.2, 0.25) is 0 Å². The molecule has 1 amide bonds. The second-order valence-electron chi connectivity index (χ2n) is 11.8. The molecular formula is C31H38FN5O2. The van der Waals surface area contributed by atoms with Gasteiger partial charge < -0.3 is 15.5 Å². The van der Waals surface area contributed by atoms with E-state index in [-0.39, 0.29) is 36.1 Å². The number of pyridine rings is 2. The number of rotatable bonds is 7. The lowest BCUT2D eigenvalue weighted by Gasteiger charge is -2.36. The van der Waals surface area contributed by atoms with Crippen LogP contribution in [0.25, 0.3) is 10.9 Å². The van der Waals surface area contributed by atoms with Crippen molar-refractivity contribution in [3.8, 4) is 0 Å². The number of piperazine rings is 1. The highest BCUT2D eigenvalue weighted by Crippen LogP contribution is 2.37. The molecule has 1 aromatic carbocycles. The summed E-state index contributed by atoms with van der Waals surface area (Å²) in [5.41, 5.74) is 9.75. The highest BCUT2D eigenvalue weighted by atomic mass is 19.1. The number of Topliss-reactive ketones (excluding diaryl/α,β-unsaturated/α-hetero) is 1. The largest absolute Gasteiger partial charge is 0.359 e. The average Bonchev–Trinajstić information content (AvgIpc) is 2.89. The molecule has 2 aliphatic rings. The Balaban J connectivity index is 1.38. The van der Waals surface area contributed by atoms with Crippen LogP contribution in [0.15, 0.2) is 42.9 Å². The fourth-order valence-corrected chi connectivity index (χ4v) is 6.30. The first kappa shape index (κ1) is 27.2. The molecule has 1 saturated carbocycles. The first-order chi connectivity index (χ1) is 18.7. The summed E-state index contributed by atoms with van der Waals surface area (Å²) in [6.07, 6.45) is 8.31. The van der Waals surface area contributed by atoms with Crippen LogP contribution in [0.3, 0.4) is 0 Å². The summed E-state index contributed by atoms with van der Waals surface area (Å²) in [6, 6.07) is 6.73. The smallest absolute Gasteiger partial charge is 0.242 e. The zero-order valence-electron chi connectivity index (χ0n) is 23.1. The van der Waals surface area contributed by atoms with Crippen molar-refractivity contribution >= 4 is 28.3 Å². The van der Waals surface area contributed by atoms with Gasteiger partial charge in [0.05, 0.1) is 23.9 Å². The zero-order valence-corrected chi connectivity index (χ0v) is 23.1. The minimum Gasteiger partial charge on any atom is -0.359 e. The Bertz CT molecular complexity index is 1370. The number of nitrogens with two attached hydrogens (primary N) is 1. The predicted molar refractivity (Wildman–Crippen MR) is 151 cm³/mol. The molecule has 8 heteroatoms. The molecule has 39 heavy (non-hydrogen) atoms. The van der Waals surface area contributed by atoms with Crippen molar-refractivity contribution in [2.24, 2.45) is 17.6 Å². The van der Waals surface area contributed by atoms with Gasteiger partial charge in [-0.1, -0.05) is 20.8 Å². The normalized spacial score (nSPS) is 22.1. The van der Waals surface area contributed by atoms with Gasteiger partial charge in [0.1, 0.15) is 5.82 Å². The van der Waals surface area contributed by atoms with E-state index in [2.05, 4.69) is 30.7 Å². The maximum atomic E-state index is 15.0. The maximum Gasteiger partial charge on any atom is 0.242 e. The van der Waals surface area contributed by atoms with Gasteiger partial charge in [0.25, 0.3) is 0 Å². The van der Waals surface area contributed by atoms with Crippen LogP contribution >= 0.6 is 0 Å². The van der Waals surface area contributed by atoms with Crippen molar-refractivity contribution in [1.29, 1.82) is 0 Å². The number of nitrogens with zero attached hydrogens (tertiary/aromatic N) is 4. The lowest BCUT2D eigenvalue weighted by Crippen LogP contribution is -2.51. The summed E-state index contributed by atoms with van der Waals surface area (Å²) in [6.45, 7) is 8.64. The molecule has 7 nitrogen and oxygen atoms in total. The van der Waals surface area contributed by atoms with Gasteiger partial charge in [0.2, 0.25) is 5.91 Å². The van der Waals surface area contributed by atoms with Crippen LogP contribution in [0.4, 0.5) is 10.1 Å². The SMILES string of the molecule is CC(C)CN1CCN(c2cnc3c(C(=O)Cc4cnccc4[C@@H]4C[C@H](C)C[C@H](N)C4)ccc(F)c3c2)CC1=O. The molecule has 1 aliphatic heterocycles. The first-order valence-corrected chi connectivity index (χ1v) is 14.0. The summed E-state index contributed by atoms with van der Waals surface area (Å²) in [5, 5.41) is 0.286. The van der Waals surface area contributed by atoms with Crippen molar-refractivity contribution < 1.29 is 14.0 Å². The minimum atomic E-state index is -0.437. The van der Waals surface area contributed by atoms with Crippen molar-refractivity contribution in [2.45, 2.75) is 58.4 Å². The number of anilines is 1. The Labute approximate surface area is 229 Å². The molecule has 2 fully saturated rings. The molecule has 3 atom stereocenters. The third-order valence-corrected chi connectivity index (χ3v) is 8.06. The van der Waals surface area contributed by atoms with Crippen LogP contribution in [0.1, 0.15) is 67.4 Å². The standard InChI is InChI=1S/C31H38FN5O2/c1-19(2)17-37-9-8-36(18-30(37)39)24-14-27-28(32)5-4-26(31(27)35-16-24)29(38)13-22-15-34-7-6-25(22)21-10-20(3)11-23(33)12-21/h4-7,14-16,19-21,23H,8-13,17-18,33H2,1-3H3/t20-,21+,23-/m0/s1. The molecule has 2 aromatic heterocycles. The highest BCUT2D eigenvalue weighted by molar-refractivity contribution is 6.08. The summed E-state index contributed by atoms with van der Waals surface area (Å²) in [4.78, 5) is 38.9. The van der Waals surface area contributed by atoms with E-state index < -0.39 is 5.82 Å². The second-order valence-corrected chi connectivity index (χ2v) is 11.8. The number of hydrogen-bond donors (Lipinski definition) is 1. The van der Waals surface area contributed by atoms with Gasteiger partial charge in [-0.15, -0.1) is 0 Å². The molecule has 0 bridgehead atoms. The summed E-state index contributed by atoms with van der Waals surface area (Å²) < 4.78 is 15.0. The van der Waals surface area contributed by atoms with Crippen LogP contribution in [-0.2, 0) is 11.2 Å². The Morgan fingerprint density at radius 3 is 2.72 bits per heavy atom. The maximum absolute atomic E-state index is 15.0. The molecule has 3 aromatic rings. The lowest BCUT2D eigenvalue weighted by atomic mass is 9.75. The molecule has 1 saturated heterocycles. The van der Waals surface area contributed by atoms with E-state index in [1.807, 2.05) is 15.9 Å². The predicted octanol–water partition coefficient (Wildman–Crippen LogP) is 4.73. The zero-order chi connectivity index (χ0) is 27.7. The van der Waals surface area contributed by atoms with Crippen molar-refractivity contribution in [3.05, 3.63) is 65.4 Å². The molecular weight excluding hydrogens is 493 g/mol. The van der Waals surface area contributed by atoms with Crippen LogP contribution < -0.4 is 10.6 Å². The van der Waals surface area contributed by atoms with Crippen LogP contribution in [0.5, 0.6) is 0 Å². The topological polar surface area (TPSA) is 92.4 Å². The van der Waals surface area contributed by atoms with Crippen LogP contribution in [-0.4, -0.2) is 58.8 Å². The number of aromatic nitrogens is 2. The monoisotopic (exact) mass is 531 g/mol. The average molecular weight is 532 g/mol. The van der Waals surface area contributed by atoms with E-state index in [9.17, 15) is 14.0 Å². The van der Waals surface area contributed by atoms with E-state index in [4.69, 9.17) is 5.73 Å². The first-order valence-electron chi connectivity index (χ1n) is 14.0. The van der Waals surface area contributed by atoms with E-state index in [0.717, 1.165) is 36.9 Å². The lowest BCUT2D eigenvalue weighted by molar-refractivity contribution is -0.131. The fourth-order valence-electron chi connectivity index (χ4n) is 6.30. The van der Waals surface area contributed by atoms with Gasteiger partial charge in [-0.3, -0.25) is 19.6 Å². The fraction of sp³-hybridized carbons (Fsp3) is 0.484. The minimum absolute atomic E-state index is 0.0556. The number of fused-ring (bicyclic) bond motifs is 1. The molecule has 0 spiro atoms. The van der Waals surface area contributed by atoms with Gasteiger partial charge >= 0.3 is 0 Å². The van der Waals surface area contributed by atoms with E-state index in [1.165, 1.54) is 12.1 Å². The van der Waals surface area contributed by atoms with Gasteiger partial charge in [-0.2, -0.15) is 0 Å². The molecule has 0 unspecified atom stereocenters. The molecule has 1 aliphatic carbocycles. The molecule has 3 heterocycles. The summed E-state index contributed by atoms with van der Waals surface area (Å²) >= 11 is 0. The molecule has 0 radical (unpaired) electrons. The van der Waals surface area contributed by atoms with Gasteiger partial charge in [0, 0.05) is 55.4 Å². The Hall–Kier alpha value is -3.39. The number of carbonyl (C=O) groups excluding carboxylic acids is 2. The summed E-state index contributed by atoms with van der Waals surface area (Å²) in [5.74, 6) is 0.722. The van der Waals surface area contributed by atoms with Crippen molar-refractivity contribution in [1.82, 2.24) is 14.9 Å². The van der Waals surface area contributed by atoms with E-state index in [1.54, 1.807) is 24.7 Å². The number of amides is 1. The third kappa shape index (κ3) is 5.96. The Morgan fingerprint density at radius 1 is 1.15 bits per heavy atom. The van der Waals surface area contributed by atoms with Crippen molar-refractivity contribution in [2.75, 3.05) is 31.1 Å². The van der Waals surface area contributed by atoms with E-state index >= 15 is 0 Å². The van der Waals surface area contributed by atoms with E-state index in [0.29, 0.717) is 47.6 Å². The molecule has 2 N–H and O–H groups in total. The van der Waals surface area contributed by atoms with Gasteiger partial charge in [-0.05, 0) is 72.4 Å². The Kier molecular flexibility index (Phi) is 7.93. The third-order valence-electron chi connectivity index (χ3n) is 8.06. The van der Waals surface area contributed by atoms with Gasteiger partial charge in [-0.25, -0.2) is 4.39 Å². The number of hydrogen-bond acceptors (Lipinski definition) is 6. The number of carbonyl (C=O) groups is 2. The quantitative estimate of drug-likeness (QED) is 0.443. The number of benzene rings is 1. The molecule has 5 rings (SSSR count). The Morgan fingerprint density at radius 2 is 1.97 bits per heavy atom.